The van der Waals surface area contributed by atoms with Crippen molar-refractivity contribution in [3.63, 3.8) is 0 Å². The lowest BCUT2D eigenvalue weighted by atomic mass is 10.7. The van der Waals surface area contributed by atoms with Crippen molar-refractivity contribution < 1.29 is 5.11 Å². The smallest absolute Gasteiger partial charge is 0.257 e. The van der Waals surface area contributed by atoms with Gasteiger partial charge >= 0.3 is 0 Å². The summed E-state index contributed by atoms with van der Waals surface area (Å²) >= 11 is 0. The number of rotatable bonds is 5. The highest BCUT2D eigenvalue weighted by atomic mass is 16.3. The average Bonchev–Trinajstić information content (AvgIpc) is 2.89. The number of nitrogens with zero attached hydrogens (tertiary/aromatic N) is 5. The summed E-state index contributed by atoms with van der Waals surface area (Å²) in [7, 11) is 0. The van der Waals surface area contributed by atoms with E-state index in [0.717, 1.165) is 0 Å². The van der Waals surface area contributed by atoms with Gasteiger partial charge in [-0.25, -0.2) is 10.5 Å². The van der Waals surface area contributed by atoms with E-state index in [1.54, 1.807) is 18.5 Å². The van der Waals surface area contributed by atoms with Gasteiger partial charge < -0.3 is 10.4 Å². The van der Waals surface area contributed by atoms with Gasteiger partial charge in [-0.05, 0) is 6.07 Å². The summed E-state index contributed by atoms with van der Waals surface area (Å²) in [5.74, 6) is 6.12. The minimum atomic E-state index is -0.0197. The maximum absolute atomic E-state index is 8.72. The zero-order valence-electron chi connectivity index (χ0n) is 8.91. The van der Waals surface area contributed by atoms with Crippen LogP contribution in [0, 0.1) is 0 Å². The van der Waals surface area contributed by atoms with Crippen LogP contribution >= 0.6 is 0 Å². The molecule has 2 aromatic rings. The van der Waals surface area contributed by atoms with Crippen LogP contribution in [0.2, 0.25) is 0 Å². The van der Waals surface area contributed by atoms with Crippen LogP contribution in [0.25, 0.3) is 5.95 Å². The van der Waals surface area contributed by atoms with Crippen LogP contribution in [-0.4, -0.2) is 43.0 Å². The van der Waals surface area contributed by atoms with E-state index in [1.165, 1.54) is 4.68 Å². The molecule has 0 aliphatic heterocycles. The van der Waals surface area contributed by atoms with Crippen molar-refractivity contribution in [3.05, 3.63) is 18.5 Å². The van der Waals surface area contributed by atoms with Gasteiger partial charge in [0.05, 0.1) is 6.61 Å². The molecule has 17 heavy (non-hydrogen) atoms. The highest BCUT2D eigenvalue weighted by molar-refractivity contribution is 5.36. The third-order valence-corrected chi connectivity index (χ3v) is 1.86. The predicted octanol–water partition coefficient (Wildman–Crippen LogP) is -1.25. The van der Waals surface area contributed by atoms with E-state index >= 15 is 0 Å². The largest absolute Gasteiger partial charge is 0.395 e. The number of nitrogens with two attached hydrogens (primary N) is 1. The van der Waals surface area contributed by atoms with Crippen molar-refractivity contribution in [2.24, 2.45) is 5.84 Å². The summed E-state index contributed by atoms with van der Waals surface area (Å²) in [6, 6.07) is 1.75. The molecule has 2 rings (SSSR count). The molecule has 2 heterocycles. The van der Waals surface area contributed by atoms with Crippen molar-refractivity contribution in [1.29, 1.82) is 0 Å². The molecule has 0 saturated heterocycles. The lowest BCUT2D eigenvalue weighted by Crippen LogP contribution is -2.17. The van der Waals surface area contributed by atoms with Gasteiger partial charge in [0, 0.05) is 18.9 Å². The first kappa shape index (κ1) is 11.2. The monoisotopic (exact) mass is 236 g/mol. The predicted molar refractivity (Wildman–Crippen MR) is 60.3 cm³/mol. The lowest BCUT2D eigenvalue weighted by Gasteiger charge is -2.07. The molecule has 9 nitrogen and oxygen atoms in total. The number of anilines is 2. The van der Waals surface area contributed by atoms with Crippen LogP contribution in [0.4, 0.5) is 11.9 Å². The van der Waals surface area contributed by atoms with Crippen molar-refractivity contribution in [2.45, 2.75) is 0 Å². The fraction of sp³-hybridized carbons (Fsp3) is 0.250. The molecule has 0 aliphatic rings. The molecule has 0 radical (unpaired) electrons. The number of aromatic nitrogens is 5. The standard InChI is InChI=1S/C8H12N8O/c9-15-7-12-6(10-3-5-17)13-8(14-7)16-4-1-2-11-16/h1-2,4,17H,3,5,9H2,(H2,10,12,13,14,15). The summed E-state index contributed by atoms with van der Waals surface area (Å²) in [5.41, 5.74) is 2.34. The Hall–Kier alpha value is -2.26. The number of hydrazine groups is 1. The van der Waals surface area contributed by atoms with E-state index in [-0.39, 0.29) is 12.6 Å². The second kappa shape index (κ2) is 5.18. The lowest BCUT2D eigenvalue weighted by molar-refractivity contribution is 0.311. The molecule has 0 unspecified atom stereocenters. The third-order valence-electron chi connectivity index (χ3n) is 1.86. The van der Waals surface area contributed by atoms with E-state index in [1.807, 2.05) is 0 Å². The fourth-order valence-electron chi connectivity index (χ4n) is 1.17. The summed E-state index contributed by atoms with van der Waals surface area (Å²) in [5, 5.41) is 15.5. The van der Waals surface area contributed by atoms with Gasteiger partial charge in [0.25, 0.3) is 5.95 Å². The number of nitrogens with one attached hydrogen (secondary N) is 2. The Kier molecular flexibility index (Phi) is 3.43. The van der Waals surface area contributed by atoms with Gasteiger partial charge in [-0.15, -0.1) is 0 Å². The average molecular weight is 236 g/mol. The minimum absolute atomic E-state index is 0.0197. The first-order chi connectivity index (χ1) is 8.33. The van der Waals surface area contributed by atoms with Crippen molar-refractivity contribution in [2.75, 3.05) is 23.9 Å². The highest BCUT2D eigenvalue weighted by Crippen LogP contribution is 2.07. The quantitative estimate of drug-likeness (QED) is 0.374. The van der Waals surface area contributed by atoms with Crippen LogP contribution < -0.4 is 16.6 Å². The SMILES string of the molecule is NNc1nc(NCCO)nc(-n2cccn2)n1. The highest BCUT2D eigenvalue weighted by Gasteiger charge is 2.06. The van der Waals surface area contributed by atoms with Gasteiger partial charge in [0.2, 0.25) is 11.9 Å². The summed E-state index contributed by atoms with van der Waals surface area (Å²) in [4.78, 5) is 12.1. The van der Waals surface area contributed by atoms with Crippen LogP contribution in [0.15, 0.2) is 18.5 Å². The van der Waals surface area contributed by atoms with Crippen LogP contribution in [0.3, 0.4) is 0 Å². The zero-order valence-corrected chi connectivity index (χ0v) is 8.91. The molecule has 2 aromatic heterocycles. The first-order valence-corrected chi connectivity index (χ1v) is 4.91. The van der Waals surface area contributed by atoms with E-state index in [0.29, 0.717) is 18.4 Å². The Bertz CT molecular complexity index is 470. The van der Waals surface area contributed by atoms with Crippen molar-refractivity contribution in [1.82, 2.24) is 24.7 Å². The Labute approximate surface area is 96.7 Å². The molecule has 0 bridgehead atoms. The molecule has 0 atom stereocenters. The van der Waals surface area contributed by atoms with Gasteiger partial charge in [-0.2, -0.15) is 20.1 Å². The number of hydrogen-bond donors (Lipinski definition) is 4. The molecule has 0 spiro atoms. The minimum Gasteiger partial charge on any atom is -0.395 e. The van der Waals surface area contributed by atoms with Crippen LogP contribution in [0.5, 0.6) is 0 Å². The third kappa shape index (κ3) is 2.65. The summed E-state index contributed by atoms with van der Waals surface area (Å²) in [6.07, 6.45) is 3.31. The maximum Gasteiger partial charge on any atom is 0.257 e. The van der Waals surface area contributed by atoms with E-state index < -0.39 is 0 Å². The van der Waals surface area contributed by atoms with Crippen LogP contribution in [-0.2, 0) is 0 Å². The molecule has 0 aromatic carbocycles. The molecular weight excluding hydrogens is 224 g/mol. The number of hydrogen-bond acceptors (Lipinski definition) is 8. The molecule has 0 aliphatic carbocycles. The van der Waals surface area contributed by atoms with E-state index in [2.05, 4.69) is 30.8 Å². The topological polar surface area (TPSA) is 127 Å². The van der Waals surface area contributed by atoms with Gasteiger partial charge in [0.15, 0.2) is 0 Å². The molecule has 0 amide bonds. The zero-order chi connectivity index (χ0) is 12.1. The van der Waals surface area contributed by atoms with Gasteiger partial charge in [-0.3, -0.25) is 5.43 Å². The Balaban J connectivity index is 2.32. The number of aliphatic hydroxyl groups excluding tert-OH is 1. The number of nitrogen functional groups attached to an aromatic ring is 1. The summed E-state index contributed by atoms with van der Waals surface area (Å²) in [6.45, 7) is 0.320. The Morgan fingerprint density at radius 3 is 2.76 bits per heavy atom. The second-order valence-corrected chi connectivity index (χ2v) is 3.03. The van der Waals surface area contributed by atoms with Gasteiger partial charge in [-0.1, -0.05) is 0 Å². The molecule has 5 N–H and O–H groups in total. The molecule has 0 saturated carbocycles. The van der Waals surface area contributed by atoms with E-state index in [4.69, 9.17) is 10.9 Å². The molecule has 90 valence electrons. The molecule has 0 fully saturated rings. The fourth-order valence-corrected chi connectivity index (χ4v) is 1.17. The maximum atomic E-state index is 8.72. The van der Waals surface area contributed by atoms with Crippen molar-refractivity contribution >= 4 is 11.9 Å². The Morgan fingerprint density at radius 2 is 2.12 bits per heavy atom. The molecule has 9 heteroatoms. The van der Waals surface area contributed by atoms with Crippen LogP contribution in [0.1, 0.15) is 0 Å². The van der Waals surface area contributed by atoms with Crippen molar-refractivity contribution in [3.8, 4) is 5.95 Å². The Morgan fingerprint density at radius 1 is 1.29 bits per heavy atom. The molecular formula is C8H12N8O. The number of aliphatic hydroxyl groups is 1. The first-order valence-electron chi connectivity index (χ1n) is 4.91. The normalized spacial score (nSPS) is 10.2. The van der Waals surface area contributed by atoms with Gasteiger partial charge in [0.1, 0.15) is 0 Å². The summed E-state index contributed by atoms with van der Waals surface area (Å²) < 4.78 is 1.48. The van der Waals surface area contributed by atoms with E-state index in [9.17, 15) is 0 Å². The second-order valence-electron chi connectivity index (χ2n) is 3.03.